The topological polar surface area (TPSA) is 38.1 Å². The number of imidazole rings is 1. The van der Waals surface area contributed by atoms with Crippen molar-refractivity contribution in [3.8, 4) is 0 Å². The van der Waals surface area contributed by atoms with E-state index in [0.29, 0.717) is 12.6 Å². The van der Waals surface area contributed by atoms with E-state index in [1.165, 1.54) is 0 Å². The molecular formula is C12H19N3O. The molecule has 2 rings (SSSR count). The minimum atomic E-state index is 0.284. The first-order valence-corrected chi connectivity index (χ1v) is 5.95. The van der Waals surface area contributed by atoms with Crippen LogP contribution in [-0.2, 0) is 11.5 Å². The Hall–Kier alpha value is -1.32. The van der Waals surface area contributed by atoms with Gasteiger partial charge in [-0.3, -0.25) is 4.79 Å². The number of carbonyl (C=O) groups excluding carboxylic acids is 1. The molecule has 0 aromatic carbocycles. The maximum Gasteiger partial charge on any atom is 0.224 e. The van der Waals surface area contributed by atoms with Crippen molar-refractivity contribution in [2.45, 2.75) is 39.8 Å². The molecule has 1 amide bonds. The highest BCUT2D eigenvalue weighted by molar-refractivity contribution is 5.78. The Balaban J connectivity index is 1.96. The smallest absolute Gasteiger partial charge is 0.224 e. The molecule has 0 spiro atoms. The van der Waals surface area contributed by atoms with Gasteiger partial charge < -0.3 is 9.47 Å². The predicted octanol–water partition coefficient (Wildman–Crippen LogP) is 1.80. The van der Waals surface area contributed by atoms with Crippen LogP contribution in [0.5, 0.6) is 0 Å². The Morgan fingerprint density at radius 2 is 2.38 bits per heavy atom. The van der Waals surface area contributed by atoms with E-state index < -0.39 is 0 Å². The van der Waals surface area contributed by atoms with Gasteiger partial charge in [-0.2, -0.15) is 0 Å². The number of hydrogen-bond donors (Lipinski definition) is 0. The van der Waals surface area contributed by atoms with E-state index >= 15 is 0 Å². The number of aromatic nitrogens is 2. The summed E-state index contributed by atoms with van der Waals surface area (Å²) < 4.78 is 2.02. The SMILES string of the molecule is CCCC1CC(=O)N(Cn2cncc2C)C1. The number of amides is 1. The Morgan fingerprint density at radius 3 is 3.00 bits per heavy atom. The van der Waals surface area contributed by atoms with Gasteiger partial charge in [0.15, 0.2) is 0 Å². The van der Waals surface area contributed by atoms with Gasteiger partial charge in [-0.25, -0.2) is 4.98 Å². The van der Waals surface area contributed by atoms with Gasteiger partial charge in [-0.1, -0.05) is 13.3 Å². The molecule has 1 aromatic heterocycles. The third-order valence-electron chi connectivity index (χ3n) is 3.24. The first-order valence-electron chi connectivity index (χ1n) is 5.95. The number of rotatable bonds is 4. The molecule has 4 nitrogen and oxygen atoms in total. The lowest BCUT2D eigenvalue weighted by atomic mass is 10.0. The van der Waals surface area contributed by atoms with Crippen LogP contribution in [0.1, 0.15) is 31.9 Å². The van der Waals surface area contributed by atoms with Gasteiger partial charge in [0.1, 0.15) is 0 Å². The summed E-state index contributed by atoms with van der Waals surface area (Å²) in [4.78, 5) is 17.8. The molecule has 4 heteroatoms. The second-order valence-electron chi connectivity index (χ2n) is 4.62. The molecule has 0 radical (unpaired) electrons. The average Bonchev–Trinajstić information content (AvgIpc) is 2.77. The van der Waals surface area contributed by atoms with Gasteiger partial charge in [-0.15, -0.1) is 0 Å². The molecule has 0 bridgehead atoms. The fourth-order valence-corrected chi connectivity index (χ4v) is 2.31. The number of hydrogen-bond acceptors (Lipinski definition) is 2. The van der Waals surface area contributed by atoms with Crippen LogP contribution in [0.3, 0.4) is 0 Å². The van der Waals surface area contributed by atoms with Crippen LogP contribution in [0.4, 0.5) is 0 Å². The van der Waals surface area contributed by atoms with Crippen molar-refractivity contribution in [1.82, 2.24) is 14.5 Å². The summed E-state index contributed by atoms with van der Waals surface area (Å²) in [6, 6.07) is 0. The van der Waals surface area contributed by atoms with Gasteiger partial charge in [0.2, 0.25) is 5.91 Å². The quantitative estimate of drug-likeness (QED) is 0.777. The van der Waals surface area contributed by atoms with Crippen LogP contribution in [0.15, 0.2) is 12.5 Å². The molecule has 1 unspecified atom stereocenters. The average molecular weight is 221 g/mol. The van der Waals surface area contributed by atoms with Crippen LogP contribution in [0, 0.1) is 12.8 Å². The van der Waals surface area contributed by atoms with Crippen LogP contribution < -0.4 is 0 Å². The van der Waals surface area contributed by atoms with Crippen molar-refractivity contribution in [3.63, 3.8) is 0 Å². The molecular weight excluding hydrogens is 202 g/mol. The lowest BCUT2D eigenvalue weighted by Crippen LogP contribution is -2.28. The van der Waals surface area contributed by atoms with Gasteiger partial charge in [-0.05, 0) is 19.3 Å². The highest BCUT2D eigenvalue weighted by Gasteiger charge is 2.28. The second-order valence-corrected chi connectivity index (χ2v) is 4.62. The molecule has 1 aliphatic rings. The number of likely N-dealkylation sites (tertiary alicyclic amines) is 1. The minimum Gasteiger partial charge on any atom is -0.324 e. The Morgan fingerprint density at radius 1 is 1.56 bits per heavy atom. The monoisotopic (exact) mass is 221 g/mol. The summed E-state index contributed by atoms with van der Waals surface area (Å²) in [5, 5.41) is 0. The van der Waals surface area contributed by atoms with Crippen molar-refractivity contribution in [1.29, 1.82) is 0 Å². The summed E-state index contributed by atoms with van der Waals surface area (Å²) in [6.07, 6.45) is 6.66. The zero-order valence-corrected chi connectivity index (χ0v) is 10.0. The van der Waals surface area contributed by atoms with Crippen molar-refractivity contribution >= 4 is 5.91 Å². The molecule has 1 saturated heterocycles. The van der Waals surface area contributed by atoms with E-state index in [9.17, 15) is 4.79 Å². The first kappa shape index (κ1) is 11.2. The van der Waals surface area contributed by atoms with Gasteiger partial charge in [0.25, 0.3) is 0 Å². The summed E-state index contributed by atoms with van der Waals surface area (Å²) in [7, 11) is 0. The summed E-state index contributed by atoms with van der Waals surface area (Å²) in [5.41, 5.74) is 1.10. The Kier molecular flexibility index (Phi) is 3.27. The number of aryl methyl sites for hydroxylation is 1. The molecule has 0 aliphatic carbocycles. The summed E-state index contributed by atoms with van der Waals surface area (Å²) in [6.45, 7) is 5.75. The van der Waals surface area contributed by atoms with Crippen LogP contribution in [0.2, 0.25) is 0 Å². The van der Waals surface area contributed by atoms with E-state index in [0.717, 1.165) is 31.5 Å². The van der Waals surface area contributed by atoms with Crippen molar-refractivity contribution in [2.24, 2.45) is 5.92 Å². The normalized spacial score (nSPS) is 20.8. The van der Waals surface area contributed by atoms with Crippen LogP contribution >= 0.6 is 0 Å². The molecule has 88 valence electrons. The van der Waals surface area contributed by atoms with E-state index in [1.54, 1.807) is 6.33 Å². The molecule has 16 heavy (non-hydrogen) atoms. The zero-order valence-electron chi connectivity index (χ0n) is 10.0. The van der Waals surface area contributed by atoms with Crippen molar-refractivity contribution in [3.05, 3.63) is 18.2 Å². The fourth-order valence-electron chi connectivity index (χ4n) is 2.31. The minimum absolute atomic E-state index is 0.284. The van der Waals surface area contributed by atoms with E-state index in [1.807, 2.05) is 22.6 Å². The van der Waals surface area contributed by atoms with Gasteiger partial charge in [0, 0.05) is 24.9 Å². The molecule has 1 atom stereocenters. The number of carbonyl (C=O) groups is 1. The Bertz CT molecular complexity index is 372. The third kappa shape index (κ3) is 2.26. The van der Waals surface area contributed by atoms with Crippen molar-refractivity contribution in [2.75, 3.05) is 6.54 Å². The predicted molar refractivity (Wildman–Crippen MR) is 61.7 cm³/mol. The molecule has 1 aromatic rings. The highest BCUT2D eigenvalue weighted by atomic mass is 16.2. The zero-order chi connectivity index (χ0) is 11.5. The van der Waals surface area contributed by atoms with E-state index in [-0.39, 0.29) is 5.91 Å². The van der Waals surface area contributed by atoms with Crippen LogP contribution in [-0.4, -0.2) is 26.9 Å². The molecule has 0 saturated carbocycles. The van der Waals surface area contributed by atoms with Crippen LogP contribution in [0.25, 0.3) is 0 Å². The molecule has 1 fully saturated rings. The van der Waals surface area contributed by atoms with Gasteiger partial charge >= 0.3 is 0 Å². The first-order chi connectivity index (χ1) is 7.70. The van der Waals surface area contributed by atoms with Gasteiger partial charge in [0.05, 0.1) is 13.0 Å². The standard InChI is InChI=1S/C12H19N3O/c1-3-4-11-5-12(16)14(7-11)9-15-8-13-6-10(15)2/h6,8,11H,3-5,7,9H2,1-2H3. The molecule has 2 heterocycles. The lowest BCUT2D eigenvalue weighted by molar-refractivity contribution is -0.129. The maximum absolute atomic E-state index is 11.8. The Labute approximate surface area is 96.3 Å². The molecule has 0 N–H and O–H groups in total. The third-order valence-corrected chi connectivity index (χ3v) is 3.24. The van der Waals surface area contributed by atoms with E-state index in [2.05, 4.69) is 11.9 Å². The largest absolute Gasteiger partial charge is 0.324 e. The number of nitrogens with zero attached hydrogens (tertiary/aromatic N) is 3. The summed E-state index contributed by atoms with van der Waals surface area (Å²) in [5.74, 6) is 0.841. The van der Waals surface area contributed by atoms with Crippen molar-refractivity contribution < 1.29 is 4.79 Å². The lowest BCUT2D eigenvalue weighted by Gasteiger charge is -2.18. The van der Waals surface area contributed by atoms with E-state index in [4.69, 9.17) is 0 Å². The maximum atomic E-state index is 11.8. The summed E-state index contributed by atoms with van der Waals surface area (Å²) >= 11 is 0. The second kappa shape index (κ2) is 4.68. The fraction of sp³-hybridized carbons (Fsp3) is 0.667. The highest BCUT2D eigenvalue weighted by Crippen LogP contribution is 2.22. The molecule has 1 aliphatic heterocycles.